The highest BCUT2D eigenvalue weighted by Crippen LogP contribution is 2.04. The molecule has 0 atom stereocenters. The SMILES string of the molecule is C[N+](C)(C)/C(C=O)=C/Cl. The molecule has 0 saturated carbocycles. The zero-order chi connectivity index (χ0) is 7.49. The van der Waals surface area contributed by atoms with Gasteiger partial charge in [0.25, 0.3) is 0 Å². The molecule has 0 aromatic heterocycles. The van der Waals surface area contributed by atoms with Crippen molar-refractivity contribution in [3.8, 4) is 0 Å². The number of allylic oxidation sites excluding steroid dienone is 1. The van der Waals surface area contributed by atoms with E-state index in [4.69, 9.17) is 11.6 Å². The molecule has 0 aromatic carbocycles. The van der Waals surface area contributed by atoms with Crippen LogP contribution in [0, 0.1) is 0 Å². The van der Waals surface area contributed by atoms with Crippen molar-refractivity contribution >= 4 is 17.9 Å². The average Bonchev–Trinajstić information content (AvgIpc) is 1.65. The second kappa shape index (κ2) is 2.99. The molecule has 0 radical (unpaired) electrons. The lowest BCUT2D eigenvalue weighted by atomic mass is 10.4. The molecular formula is C6H11ClNO+. The van der Waals surface area contributed by atoms with Crippen molar-refractivity contribution in [2.45, 2.75) is 0 Å². The summed E-state index contributed by atoms with van der Waals surface area (Å²) < 4.78 is 0.465. The van der Waals surface area contributed by atoms with E-state index in [0.29, 0.717) is 10.2 Å². The van der Waals surface area contributed by atoms with E-state index in [-0.39, 0.29) is 0 Å². The first kappa shape index (κ1) is 8.66. The highest BCUT2D eigenvalue weighted by molar-refractivity contribution is 6.26. The minimum atomic E-state index is 0.465. The fraction of sp³-hybridized carbons (Fsp3) is 0.500. The first-order valence-electron chi connectivity index (χ1n) is 2.60. The van der Waals surface area contributed by atoms with Crippen LogP contribution in [0.2, 0.25) is 0 Å². The van der Waals surface area contributed by atoms with Crippen molar-refractivity contribution in [2.75, 3.05) is 21.1 Å². The van der Waals surface area contributed by atoms with E-state index in [1.165, 1.54) is 5.54 Å². The van der Waals surface area contributed by atoms with E-state index in [2.05, 4.69) is 0 Å². The number of carbonyl (C=O) groups excluding carboxylic acids is 1. The molecule has 0 N–H and O–H groups in total. The average molecular weight is 149 g/mol. The van der Waals surface area contributed by atoms with E-state index in [1.54, 1.807) is 0 Å². The normalized spacial score (nSPS) is 13.6. The number of nitrogens with zero attached hydrogens (tertiary/aromatic N) is 1. The van der Waals surface area contributed by atoms with Gasteiger partial charge in [0.15, 0.2) is 5.70 Å². The lowest BCUT2D eigenvalue weighted by molar-refractivity contribution is -0.825. The van der Waals surface area contributed by atoms with Crippen LogP contribution in [0.3, 0.4) is 0 Å². The molecule has 0 aromatic rings. The van der Waals surface area contributed by atoms with Gasteiger partial charge in [0, 0.05) is 0 Å². The van der Waals surface area contributed by atoms with Crippen LogP contribution < -0.4 is 0 Å². The molecular weight excluding hydrogens is 138 g/mol. The Bertz CT molecular complexity index is 134. The third-order valence-corrected chi connectivity index (χ3v) is 1.23. The van der Waals surface area contributed by atoms with Crippen molar-refractivity contribution in [2.24, 2.45) is 0 Å². The van der Waals surface area contributed by atoms with Crippen molar-refractivity contribution in [1.82, 2.24) is 0 Å². The molecule has 0 aliphatic heterocycles. The molecule has 2 nitrogen and oxygen atoms in total. The molecule has 0 heterocycles. The maximum absolute atomic E-state index is 10.2. The number of rotatable bonds is 2. The first-order valence-corrected chi connectivity index (χ1v) is 3.03. The Morgan fingerprint density at radius 1 is 1.44 bits per heavy atom. The summed E-state index contributed by atoms with van der Waals surface area (Å²) in [5, 5.41) is 0. The molecule has 0 amide bonds. The molecule has 0 spiro atoms. The van der Waals surface area contributed by atoms with Crippen LogP contribution in [0.1, 0.15) is 0 Å². The smallest absolute Gasteiger partial charge is 0.204 e. The molecule has 3 heteroatoms. The van der Waals surface area contributed by atoms with Gasteiger partial charge in [-0.15, -0.1) is 0 Å². The molecule has 0 rings (SSSR count). The Labute approximate surface area is 60.3 Å². The number of hydrogen-bond donors (Lipinski definition) is 0. The lowest BCUT2D eigenvalue weighted by Crippen LogP contribution is -2.33. The predicted octanol–water partition coefficient (Wildman–Crippen LogP) is 0.972. The third-order valence-electron chi connectivity index (χ3n) is 1.01. The number of halogens is 1. The summed E-state index contributed by atoms with van der Waals surface area (Å²) in [5.74, 6) is 0. The summed E-state index contributed by atoms with van der Waals surface area (Å²) in [7, 11) is 5.63. The van der Waals surface area contributed by atoms with Gasteiger partial charge < -0.3 is 0 Å². The van der Waals surface area contributed by atoms with Crippen LogP contribution in [-0.4, -0.2) is 31.9 Å². The number of likely N-dealkylation sites (N-methyl/N-ethyl adjacent to an activating group) is 1. The lowest BCUT2D eigenvalue weighted by Gasteiger charge is -2.21. The highest BCUT2D eigenvalue weighted by Gasteiger charge is 2.13. The largest absolute Gasteiger partial charge is 0.295 e. The van der Waals surface area contributed by atoms with Crippen molar-refractivity contribution in [3.63, 3.8) is 0 Å². The zero-order valence-electron chi connectivity index (χ0n) is 5.89. The molecule has 9 heavy (non-hydrogen) atoms. The minimum absolute atomic E-state index is 0.465. The van der Waals surface area contributed by atoms with Gasteiger partial charge in [0.05, 0.1) is 26.7 Å². The van der Waals surface area contributed by atoms with Gasteiger partial charge >= 0.3 is 0 Å². The van der Waals surface area contributed by atoms with Gasteiger partial charge in [-0.3, -0.25) is 9.28 Å². The number of carbonyl (C=O) groups is 1. The monoisotopic (exact) mass is 148 g/mol. The van der Waals surface area contributed by atoms with Gasteiger partial charge in [-0.25, -0.2) is 0 Å². The molecule has 0 fully saturated rings. The number of quaternary nitrogens is 1. The number of hydrogen-bond acceptors (Lipinski definition) is 1. The number of aldehydes is 1. The summed E-state index contributed by atoms with van der Waals surface area (Å²) in [6.07, 6.45) is 0.757. The maximum atomic E-state index is 10.2. The van der Waals surface area contributed by atoms with Gasteiger partial charge in [0.2, 0.25) is 6.29 Å². The molecule has 0 aliphatic carbocycles. The van der Waals surface area contributed by atoms with Crippen molar-refractivity contribution < 1.29 is 9.28 Å². The standard InChI is InChI=1S/C6H11ClNO/c1-8(2,3)6(4-7)5-9/h4-5H,1-3H3/q+1/b6-4+. The van der Waals surface area contributed by atoms with Crippen LogP contribution in [-0.2, 0) is 4.79 Å². The van der Waals surface area contributed by atoms with Crippen LogP contribution in [0.15, 0.2) is 11.2 Å². The van der Waals surface area contributed by atoms with Gasteiger partial charge in [-0.05, 0) is 0 Å². The van der Waals surface area contributed by atoms with Crippen LogP contribution in [0.25, 0.3) is 0 Å². The zero-order valence-corrected chi connectivity index (χ0v) is 6.64. The predicted molar refractivity (Wildman–Crippen MR) is 38.0 cm³/mol. The van der Waals surface area contributed by atoms with Crippen LogP contribution in [0.4, 0.5) is 0 Å². The van der Waals surface area contributed by atoms with Crippen molar-refractivity contribution in [1.29, 1.82) is 0 Å². The summed E-state index contributed by atoms with van der Waals surface area (Å²) in [6.45, 7) is 0. The quantitative estimate of drug-likeness (QED) is 0.324. The van der Waals surface area contributed by atoms with E-state index in [0.717, 1.165) is 6.29 Å². The topological polar surface area (TPSA) is 17.1 Å². The Morgan fingerprint density at radius 3 is 1.89 bits per heavy atom. The Morgan fingerprint density at radius 2 is 1.89 bits per heavy atom. The molecule has 52 valence electrons. The molecule has 0 aliphatic rings. The second-order valence-corrected chi connectivity index (χ2v) is 2.88. The maximum Gasteiger partial charge on any atom is 0.204 e. The Balaban J connectivity index is 4.32. The summed E-state index contributed by atoms with van der Waals surface area (Å²) in [5.41, 5.74) is 1.86. The second-order valence-electron chi connectivity index (χ2n) is 2.66. The highest BCUT2D eigenvalue weighted by atomic mass is 35.5. The fourth-order valence-corrected chi connectivity index (χ4v) is 0.674. The van der Waals surface area contributed by atoms with E-state index >= 15 is 0 Å². The summed E-state index contributed by atoms with van der Waals surface area (Å²) >= 11 is 5.34. The Kier molecular flexibility index (Phi) is 2.88. The first-order chi connectivity index (χ1) is 4.02. The Hall–Kier alpha value is -0.340. The van der Waals surface area contributed by atoms with Crippen LogP contribution >= 0.6 is 11.6 Å². The van der Waals surface area contributed by atoms with Gasteiger partial charge in [-0.2, -0.15) is 0 Å². The molecule has 0 saturated heterocycles. The minimum Gasteiger partial charge on any atom is -0.295 e. The van der Waals surface area contributed by atoms with E-state index < -0.39 is 0 Å². The third kappa shape index (κ3) is 2.63. The molecule has 0 bridgehead atoms. The van der Waals surface area contributed by atoms with Gasteiger partial charge in [0.1, 0.15) is 0 Å². The molecule has 0 unspecified atom stereocenters. The fourth-order valence-electron chi connectivity index (χ4n) is 0.330. The van der Waals surface area contributed by atoms with Crippen LogP contribution in [0.5, 0.6) is 0 Å². The van der Waals surface area contributed by atoms with E-state index in [1.807, 2.05) is 21.1 Å². The summed E-state index contributed by atoms with van der Waals surface area (Å²) in [6, 6.07) is 0. The van der Waals surface area contributed by atoms with Gasteiger partial charge in [-0.1, -0.05) is 11.6 Å². The van der Waals surface area contributed by atoms with E-state index in [9.17, 15) is 4.79 Å². The van der Waals surface area contributed by atoms with Crippen molar-refractivity contribution in [3.05, 3.63) is 11.2 Å². The summed E-state index contributed by atoms with van der Waals surface area (Å²) in [4.78, 5) is 10.2.